The zero-order chi connectivity index (χ0) is 20.9. The highest BCUT2D eigenvalue weighted by Gasteiger charge is 1.99. The molecule has 1 rings (SSSR count). The second-order valence-electron chi connectivity index (χ2n) is 5.58. The first-order valence-corrected chi connectivity index (χ1v) is 9.57. The molecule has 1 N–H and O–H groups in total. The van der Waals surface area contributed by atoms with Gasteiger partial charge < -0.3 is 19.6 Å². The highest BCUT2D eigenvalue weighted by Crippen LogP contribution is 2.11. The first kappa shape index (κ1) is 27.1. The van der Waals surface area contributed by atoms with Gasteiger partial charge in [-0.15, -0.1) is 0 Å². The molecule has 0 saturated heterocycles. The van der Waals surface area contributed by atoms with Crippen molar-refractivity contribution in [2.75, 3.05) is 19.8 Å². The van der Waals surface area contributed by atoms with Crippen LogP contribution in [0.15, 0.2) is 30.3 Å². The highest BCUT2D eigenvalue weighted by molar-refractivity contribution is 5.68. The summed E-state index contributed by atoms with van der Waals surface area (Å²) in [5.41, 5.74) is 2.74. The lowest BCUT2D eigenvalue weighted by atomic mass is 10.1. The molecule has 0 aliphatic carbocycles. The molecule has 0 aromatic heterocycles. The Kier molecular flexibility index (Phi) is 20.2. The Morgan fingerprint density at radius 1 is 1.11 bits per heavy atom. The number of aldehydes is 1. The van der Waals surface area contributed by atoms with E-state index in [1.165, 1.54) is 18.9 Å². The minimum Gasteiger partial charge on any atom is -0.377 e. The molecule has 0 aliphatic rings. The van der Waals surface area contributed by atoms with Gasteiger partial charge in [0.05, 0.1) is 18.3 Å². The van der Waals surface area contributed by atoms with Gasteiger partial charge in [0.25, 0.3) is 0 Å². The summed E-state index contributed by atoms with van der Waals surface area (Å²) in [6, 6.07) is 9.70. The molecular weight excluding hydrogens is 340 g/mol. The van der Waals surface area contributed by atoms with Crippen LogP contribution in [0.25, 0.3) is 5.70 Å². The number of hydrogen-bond donors (Lipinski definition) is 1. The Labute approximate surface area is 165 Å². The summed E-state index contributed by atoms with van der Waals surface area (Å²) in [5, 5.41) is 11.5. The van der Waals surface area contributed by atoms with Crippen molar-refractivity contribution in [2.24, 2.45) is 0 Å². The number of rotatable bonds is 9. The normalized spacial score (nSPS) is 10.1. The van der Waals surface area contributed by atoms with Gasteiger partial charge in [-0.1, -0.05) is 56.5 Å². The van der Waals surface area contributed by atoms with Gasteiger partial charge in [-0.2, -0.15) is 5.26 Å². The monoisotopic (exact) mass is 376 g/mol. The molecule has 5 heteroatoms. The third-order valence-electron chi connectivity index (χ3n) is 3.25. The number of nitrogens with zero attached hydrogens (tertiary/aromatic N) is 1. The third-order valence-corrected chi connectivity index (χ3v) is 3.25. The number of benzene rings is 1. The number of nitriles is 1. The van der Waals surface area contributed by atoms with E-state index in [2.05, 4.69) is 19.2 Å². The van der Waals surface area contributed by atoms with E-state index in [4.69, 9.17) is 14.7 Å². The van der Waals surface area contributed by atoms with E-state index in [0.717, 1.165) is 30.6 Å². The van der Waals surface area contributed by atoms with Crippen LogP contribution in [0.2, 0.25) is 0 Å². The summed E-state index contributed by atoms with van der Waals surface area (Å²) in [7, 11) is 0. The van der Waals surface area contributed by atoms with Crippen molar-refractivity contribution in [1.29, 1.82) is 5.26 Å². The van der Waals surface area contributed by atoms with Crippen molar-refractivity contribution < 1.29 is 14.3 Å². The molecule has 0 bridgehead atoms. The lowest BCUT2D eigenvalue weighted by Gasteiger charge is -2.09. The molecule has 0 unspecified atom stereocenters. The van der Waals surface area contributed by atoms with Crippen LogP contribution in [0.5, 0.6) is 0 Å². The first-order chi connectivity index (χ1) is 13.0. The summed E-state index contributed by atoms with van der Waals surface area (Å²) in [5.74, 6) is 0. The number of unbranched alkanes of at least 4 members (excludes halogenated alkanes) is 1. The van der Waals surface area contributed by atoms with Crippen molar-refractivity contribution >= 4 is 12.0 Å². The molecular formula is C22H36N2O3. The van der Waals surface area contributed by atoms with Gasteiger partial charge in [0, 0.05) is 19.3 Å². The fourth-order valence-corrected chi connectivity index (χ4v) is 1.70. The molecule has 1 aromatic carbocycles. The average Bonchev–Trinajstić information content (AvgIpc) is 2.67. The molecule has 0 heterocycles. The van der Waals surface area contributed by atoms with Gasteiger partial charge in [-0.25, -0.2) is 0 Å². The number of carbonyl (C=O) groups excluding carboxylic acids is 1. The molecule has 0 spiro atoms. The van der Waals surface area contributed by atoms with Crippen LogP contribution >= 0.6 is 0 Å². The van der Waals surface area contributed by atoms with Crippen molar-refractivity contribution in [3.8, 4) is 6.07 Å². The van der Waals surface area contributed by atoms with Gasteiger partial charge in [0.2, 0.25) is 0 Å². The van der Waals surface area contributed by atoms with Crippen molar-refractivity contribution in [3.63, 3.8) is 0 Å². The predicted octanol–water partition coefficient (Wildman–Crippen LogP) is 4.86. The van der Waals surface area contributed by atoms with Gasteiger partial charge >= 0.3 is 0 Å². The predicted molar refractivity (Wildman–Crippen MR) is 112 cm³/mol. The Morgan fingerprint density at radius 3 is 2.00 bits per heavy atom. The smallest absolute Gasteiger partial charge is 0.154 e. The minimum atomic E-state index is -0.0370. The molecule has 0 atom stereocenters. The largest absolute Gasteiger partial charge is 0.377 e. The number of aryl methyl sites for hydroxylation is 1. The van der Waals surface area contributed by atoms with E-state index in [-0.39, 0.29) is 12.8 Å². The molecule has 0 fully saturated rings. The van der Waals surface area contributed by atoms with E-state index in [0.29, 0.717) is 5.70 Å². The Bertz CT molecular complexity index is 525. The zero-order valence-corrected chi connectivity index (χ0v) is 17.7. The standard InChI is InChI=1S/C12H12N2O.C6H14O2.C4H10/c1-10-2-4-11(5-3-10)12(6-7-13)14-8-9-15;1-4-7-6(3)8-5-2;1-3-4-2/h2-6,9,14H,8H2,1H3;6H,4-5H2,1-3H3;3-4H2,1-2H3/b12-6-;;. The number of hydrogen-bond acceptors (Lipinski definition) is 5. The quantitative estimate of drug-likeness (QED) is 0.378. The lowest BCUT2D eigenvalue weighted by Crippen LogP contribution is -2.14. The number of nitrogens with one attached hydrogen (secondary N) is 1. The Hall–Kier alpha value is -2.16. The third kappa shape index (κ3) is 17.0. The van der Waals surface area contributed by atoms with Crippen LogP contribution in [0.4, 0.5) is 0 Å². The van der Waals surface area contributed by atoms with Crippen LogP contribution in [-0.2, 0) is 14.3 Å². The number of ether oxygens (including phenoxy) is 2. The fraction of sp³-hybridized carbons (Fsp3) is 0.545. The van der Waals surface area contributed by atoms with Crippen LogP contribution in [0.3, 0.4) is 0 Å². The van der Waals surface area contributed by atoms with Crippen molar-refractivity contribution in [2.45, 2.75) is 60.7 Å². The van der Waals surface area contributed by atoms with Crippen LogP contribution in [0, 0.1) is 18.3 Å². The van der Waals surface area contributed by atoms with E-state index in [9.17, 15) is 4.79 Å². The number of carbonyl (C=O) groups is 1. The Balaban J connectivity index is 0. The van der Waals surface area contributed by atoms with Crippen LogP contribution < -0.4 is 5.32 Å². The molecule has 5 nitrogen and oxygen atoms in total. The maximum Gasteiger partial charge on any atom is 0.154 e. The lowest BCUT2D eigenvalue weighted by molar-refractivity contribution is -0.123. The maximum atomic E-state index is 10.2. The van der Waals surface area contributed by atoms with Gasteiger partial charge in [-0.3, -0.25) is 0 Å². The topological polar surface area (TPSA) is 71.3 Å². The summed E-state index contributed by atoms with van der Waals surface area (Å²) in [4.78, 5) is 10.2. The molecule has 0 amide bonds. The molecule has 152 valence electrons. The number of allylic oxidation sites excluding steroid dienone is 1. The average molecular weight is 377 g/mol. The fourth-order valence-electron chi connectivity index (χ4n) is 1.70. The summed E-state index contributed by atoms with van der Waals surface area (Å²) in [6.45, 7) is 13.8. The zero-order valence-electron chi connectivity index (χ0n) is 17.7. The summed E-state index contributed by atoms with van der Waals surface area (Å²) >= 11 is 0. The van der Waals surface area contributed by atoms with E-state index in [1.807, 2.05) is 58.0 Å². The van der Waals surface area contributed by atoms with Crippen LogP contribution in [0.1, 0.15) is 58.6 Å². The SMILES string of the molecule is CCCC.CCOC(C)OCC.Cc1ccc(/C(=C/C#N)NCC=O)cc1. The first-order valence-electron chi connectivity index (χ1n) is 9.57. The van der Waals surface area contributed by atoms with E-state index in [1.54, 1.807) is 0 Å². The summed E-state index contributed by atoms with van der Waals surface area (Å²) in [6.07, 6.45) is 4.76. The molecule has 0 radical (unpaired) electrons. The summed E-state index contributed by atoms with van der Waals surface area (Å²) < 4.78 is 10.1. The highest BCUT2D eigenvalue weighted by atomic mass is 16.7. The Morgan fingerprint density at radius 2 is 1.63 bits per heavy atom. The van der Waals surface area contributed by atoms with Crippen LogP contribution in [-0.4, -0.2) is 32.3 Å². The molecule has 27 heavy (non-hydrogen) atoms. The van der Waals surface area contributed by atoms with Gasteiger partial charge in [-0.05, 0) is 33.3 Å². The van der Waals surface area contributed by atoms with E-state index >= 15 is 0 Å². The van der Waals surface area contributed by atoms with Gasteiger partial charge in [0.15, 0.2) is 6.29 Å². The van der Waals surface area contributed by atoms with Gasteiger partial charge in [0.1, 0.15) is 6.29 Å². The van der Waals surface area contributed by atoms with Crippen molar-refractivity contribution in [3.05, 3.63) is 41.5 Å². The second kappa shape index (κ2) is 20.2. The van der Waals surface area contributed by atoms with E-state index < -0.39 is 0 Å². The minimum absolute atomic E-state index is 0.0370. The van der Waals surface area contributed by atoms with Crippen molar-refractivity contribution in [1.82, 2.24) is 5.32 Å². The second-order valence-corrected chi connectivity index (χ2v) is 5.58. The molecule has 0 saturated carbocycles. The maximum absolute atomic E-state index is 10.2. The molecule has 1 aromatic rings. The molecule has 0 aliphatic heterocycles.